The highest BCUT2D eigenvalue weighted by Gasteiger charge is 1.83. The standard InChI is InChI=1S/C3H10N2.C2H3ClO2/c1-3(5)2-4;3-1-2(4)5/h3H,2,4-5H2,1H3;1H2,(H,4,5). The number of hydrogen-bond acceptors (Lipinski definition) is 3. The van der Waals surface area contributed by atoms with Crippen LogP contribution in [0.4, 0.5) is 0 Å². The summed E-state index contributed by atoms with van der Waals surface area (Å²) >= 11 is 4.74. The van der Waals surface area contributed by atoms with Crippen molar-refractivity contribution >= 4 is 17.6 Å². The van der Waals surface area contributed by atoms with Crippen molar-refractivity contribution in [2.24, 2.45) is 11.5 Å². The van der Waals surface area contributed by atoms with E-state index in [2.05, 4.69) is 0 Å². The molecule has 0 heterocycles. The third-order valence-electron chi connectivity index (χ3n) is 0.486. The summed E-state index contributed by atoms with van der Waals surface area (Å²) in [6.07, 6.45) is 0. The molecule has 0 saturated carbocycles. The Morgan fingerprint density at radius 2 is 2.00 bits per heavy atom. The fourth-order valence-electron chi connectivity index (χ4n) is 0. The Kier molecular flexibility index (Phi) is 10.7. The van der Waals surface area contributed by atoms with Crippen molar-refractivity contribution in [2.45, 2.75) is 13.0 Å². The Morgan fingerprint density at radius 1 is 1.80 bits per heavy atom. The van der Waals surface area contributed by atoms with E-state index in [1.807, 2.05) is 6.92 Å². The van der Waals surface area contributed by atoms with E-state index in [4.69, 9.17) is 28.2 Å². The lowest BCUT2D eigenvalue weighted by atomic mass is 10.4. The Hall–Kier alpha value is -0.320. The largest absolute Gasteiger partial charge is 0.480 e. The molecule has 0 aromatic heterocycles. The number of halogens is 1. The molecule has 4 nitrogen and oxygen atoms in total. The fraction of sp³-hybridized carbons (Fsp3) is 0.800. The van der Waals surface area contributed by atoms with Crippen LogP contribution < -0.4 is 11.5 Å². The van der Waals surface area contributed by atoms with Crippen molar-refractivity contribution < 1.29 is 9.90 Å². The maximum Gasteiger partial charge on any atom is 0.318 e. The van der Waals surface area contributed by atoms with Crippen molar-refractivity contribution in [3.8, 4) is 0 Å². The molecule has 1 atom stereocenters. The third-order valence-corrected chi connectivity index (χ3v) is 0.715. The number of carboxylic acid groups (broad SMARTS) is 1. The number of alkyl halides is 1. The van der Waals surface area contributed by atoms with Gasteiger partial charge in [0, 0.05) is 12.6 Å². The molecular formula is C5H13ClN2O2. The molecule has 62 valence electrons. The normalized spacial score (nSPS) is 11.2. The van der Waals surface area contributed by atoms with Crippen molar-refractivity contribution in [3.05, 3.63) is 0 Å². The van der Waals surface area contributed by atoms with Gasteiger partial charge in [-0.15, -0.1) is 11.6 Å². The fourth-order valence-corrected chi connectivity index (χ4v) is 0. The van der Waals surface area contributed by atoms with Gasteiger partial charge in [0.25, 0.3) is 0 Å². The first-order valence-electron chi connectivity index (χ1n) is 2.78. The molecular weight excluding hydrogens is 156 g/mol. The van der Waals surface area contributed by atoms with Crippen LogP contribution in [0.25, 0.3) is 0 Å². The van der Waals surface area contributed by atoms with Crippen molar-refractivity contribution in [1.29, 1.82) is 0 Å². The molecule has 5 N–H and O–H groups in total. The van der Waals surface area contributed by atoms with Crippen LogP contribution >= 0.6 is 11.6 Å². The van der Waals surface area contributed by atoms with Crippen LogP contribution in [-0.4, -0.2) is 29.5 Å². The summed E-state index contributed by atoms with van der Waals surface area (Å²) in [6.45, 7) is 2.46. The summed E-state index contributed by atoms with van der Waals surface area (Å²) < 4.78 is 0. The molecule has 0 aliphatic rings. The zero-order chi connectivity index (χ0) is 8.57. The molecule has 1 unspecified atom stereocenters. The zero-order valence-electron chi connectivity index (χ0n) is 5.88. The van der Waals surface area contributed by atoms with Gasteiger partial charge in [-0.05, 0) is 6.92 Å². The topological polar surface area (TPSA) is 89.3 Å². The first-order chi connectivity index (χ1) is 4.54. The van der Waals surface area contributed by atoms with Gasteiger partial charge in [-0.3, -0.25) is 4.79 Å². The maximum atomic E-state index is 9.24. The number of rotatable bonds is 2. The van der Waals surface area contributed by atoms with E-state index in [-0.39, 0.29) is 11.9 Å². The molecule has 0 rings (SSSR count). The predicted octanol–water partition coefficient (Wildman–Crippen LogP) is -0.398. The minimum atomic E-state index is -0.980. The van der Waals surface area contributed by atoms with Gasteiger partial charge in [-0.1, -0.05) is 0 Å². The Morgan fingerprint density at radius 3 is 2.00 bits per heavy atom. The lowest BCUT2D eigenvalue weighted by molar-refractivity contribution is -0.134. The maximum absolute atomic E-state index is 9.24. The molecule has 0 aliphatic carbocycles. The average molecular weight is 169 g/mol. The summed E-state index contributed by atoms with van der Waals surface area (Å²) in [7, 11) is 0. The van der Waals surface area contributed by atoms with Gasteiger partial charge in [-0.25, -0.2) is 0 Å². The molecule has 5 heteroatoms. The van der Waals surface area contributed by atoms with E-state index >= 15 is 0 Å². The highest BCUT2D eigenvalue weighted by molar-refractivity contribution is 6.26. The highest BCUT2D eigenvalue weighted by atomic mass is 35.5. The first kappa shape index (κ1) is 12.4. The Labute approximate surface area is 65.1 Å². The minimum absolute atomic E-state index is 0.162. The van der Waals surface area contributed by atoms with Gasteiger partial charge in [0.05, 0.1) is 0 Å². The lowest BCUT2D eigenvalue weighted by Crippen LogP contribution is -2.25. The quantitative estimate of drug-likeness (QED) is 0.490. The predicted molar refractivity (Wildman–Crippen MR) is 41.1 cm³/mol. The first-order valence-corrected chi connectivity index (χ1v) is 3.31. The van der Waals surface area contributed by atoms with E-state index in [9.17, 15) is 4.79 Å². The van der Waals surface area contributed by atoms with Gasteiger partial charge in [0.2, 0.25) is 0 Å². The van der Waals surface area contributed by atoms with Crippen molar-refractivity contribution in [1.82, 2.24) is 0 Å². The number of nitrogens with two attached hydrogens (primary N) is 2. The van der Waals surface area contributed by atoms with Gasteiger partial charge in [-0.2, -0.15) is 0 Å². The monoisotopic (exact) mass is 168 g/mol. The van der Waals surface area contributed by atoms with Crippen molar-refractivity contribution in [2.75, 3.05) is 12.4 Å². The van der Waals surface area contributed by atoms with E-state index in [1.165, 1.54) is 0 Å². The molecule has 0 aromatic rings. The molecule has 0 aromatic carbocycles. The van der Waals surface area contributed by atoms with Gasteiger partial charge in [0.15, 0.2) is 0 Å². The molecule has 0 spiro atoms. The third kappa shape index (κ3) is 25.3. The number of aliphatic carboxylic acids is 1. The van der Waals surface area contributed by atoms with E-state index in [0.29, 0.717) is 6.54 Å². The van der Waals surface area contributed by atoms with Crippen LogP contribution in [0.3, 0.4) is 0 Å². The summed E-state index contributed by atoms with van der Waals surface area (Å²) in [5, 5.41) is 7.59. The number of carboxylic acids is 1. The second-order valence-corrected chi connectivity index (χ2v) is 2.01. The number of carbonyl (C=O) groups is 1. The molecule has 0 bridgehead atoms. The van der Waals surface area contributed by atoms with E-state index in [1.54, 1.807) is 0 Å². The summed E-state index contributed by atoms with van der Waals surface area (Å²) in [4.78, 5) is 9.24. The summed E-state index contributed by atoms with van der Waals surface area (Å²) in [5.74, 6) is -1.29. The molecule has 0 fully saturated rings. The van der Waals surface area contributed by atoms with Crippen molar-refractivity contribution in [3.63, 3.8) is 0 Å². The van der Waals surface area contributed by atoms with Crippen LogP contribution in [0.1, 0.15) is 6.92 Å². The summed E-state index contributed by atoms with van der Waals surface area (Å²) in [6, 6.07) is 0.162. The Bertz CT molecular complexity index is 87.7. The second-order valence-electron chi connectivity index (χ2n) is 1.74. The van der Waals surface area contributed by atoms with Gasteiger partial charge >= 0.3 is 5.97 Å². The van der Waals surface area contributed by atoms with Crippen LogP contribution in [0.5, 0.6) is 0 Å². The highest BCUT2D eigenvalue weighted by Crippen LogP contribution is 1.67. The SMILES string of the molecule is CC(N)CN.O=C(O)CCl. The van der Waals surface area contributed by atoms with Crippen LogP contribution in [-0.2, 0) is 4.79 Å². The molecule has 0 aliphatic heterocycles. The molecule has 10 heavy (non-hydrogen) atoms. The van der Waals surface area contributed by atoms with Crippen LogP contribution in [0.2, 0.25) is 0 Å². The number of hydrogen-bond donors (Lipinski definition) is 3. The molecule has 0 amide bonds. The van der Waals surface area contributed by atoms with Crippen LogP contribution in [0, 0.1) is 0 Å². The van der Waals surface area contributed by atoms with Crippen LogP contribution in [0.15, 0.2) is 0 Å². The minimum Gasteiger partial charge on any atom is -0.480 e. The van der Waals surface area contributed by atoms with Gasteiger partial charge < -0.3 is 16.6 Å². The summed E-state index contributed by atoms with van der Waals surface area (Å²) in [5.41, 5.74) is 10.2. The van der Waals surface area contributed by atoms with E-state index in [0.717, 1.165) is 0 Å². The zero-order valence-corrected chi connectivity index (χ0v) is 6.64. The van der Waals surface area contributed by atoms with E-state index < -0.39 is 5.97 Å². The molecule has 0 radical (unpaired) electrons. The molecule has 0 saturated heterocycles. The average Bonchev–Trinajstić information content (AvgIpc) is 1.89. The second kappa shape index (κ2) is 8.68. The van der Waals surface area contributed by atoms with Gasteiger partial charge in [0.1, 0.15) is 5.88 Å². The smallest absolute Gasteiger partial charge is 0.318 e. The Balaban J connectivity index is 0. The lowest BCUT2D eigenvalue weighted by Gasteiger charge is -1.92.